The summed E-state index contributed by atoms with van der Waals surface area (Å²) < 4.78 is 11.0. The van der Waals surface area contributed by atoms with E-state index < -0.39 is 12.1 Å². The topological polar surface area (TPSA) is 72.8 Å². The Morgan fingerprint density at radius 3 is 2.75 bits per heavy atom. The summed E-state index contributed by atoms with van der Waals surface area (Å²) in [6, 6.07) is 8.92. The first kappa shape index (κ1) is 20.3. The second-order valence-corrected chi connectivity index (χ2v) is 7.65. The van der Waals surface area contributed by atoms with Crippen LogP contribution >= 0.6 is 0 Å². The molecule has 0 amide bonds. The molecule has 0 bridgehead atoms. The van der Waals surface area contributed by atoms with Crippen molar-refractivity contribution in [3.8, 4) is 0 Å². The predicted octanol–water partition coefficient (Wildman–Crippen LogP) is 3.83. The highest BCUT2D eigenvalue weighted by Gasteiger charge is 2.38. The number of rotatable bonds is 2. The molecule has 28 heavy (non-hydrogen) atoms. The normalized spacial score (nSPS) is 33.4. The minimum Gasteiger partial charge on any atom is -0.460 e. The van der Waals surface area contributed by atoms with Crippen LogP contribution in [0.2, 0.25) is 0 Å². The lowest BCUT2D eigenvalue weighted by Gasteiger charge is -2.19. The maximum absolute atomic E-state index is 12.4. The van der Waals surface area contributed by atoms with Crippen LogP contribution in [0.15, 0.2) is 54.6 Å². The Bertz CT molecular complexity index is 724. The van der Waals surface area contributed by atoms with Gasteiger partial charge in [0.2, 0.25) is 0 Å². The summed E-state index contributed by atoms with van der Waals surface area (Å²) in [5.41, 5.74) is 0.525. The Hall–Kier alpha value is -2.40. The highest BCUT2D eigenvalue weighted by molar-refractivity contribution is 5.89. The molecule has 1 saturated carbocycles. The van der Waals surface area contributed by atoms with Gasteiger partial charge in [-0.15, -0.1) is 0 Å². The van der Waals surface area contributed by atoms with Crippen molar-refractivity contribution in [2.75, 3.05) is 0 Å². The number of hydrogen-bond donors (Lipinski definition) is 1. The fraction of sp³-hybridized carbons (Fsp3) is 0.478. The molecule has 1 aromatic carbocycles. The van der Waals surface area contributed by atoms with Gasteiger partial charge in [0.15, 0.2) is 0 Å². The standard InChI is InChI=1S/C23H28O5/c1-16-8-4-2-7-11-18-14-19(28-23(26)17-9-5-3-6-10-17)15-20(18)21(24)12-13-22(25)27-16/h3,5-7,9-13,16,18-21,24H,2,4,8,14-15H2,1H3/b11-7+,13-12+/t16-,18+,19-,20+,21+/m0/s1. The minimum atomic E-state index is -0.793. The van der Waals surface area contributed by atoms with Crippen LogP contribution in [0.3, 0.4) is 0 Å². The highest BCUT2D eigenvalue weighted by atomic mass is 16.5. The molecule has 150 valence electrons. The molecule has 1 fully saturated rings. The van der Waals surface area contributed by atoms with Gasteiger partial charge in [-0.3, -0.25) is 0 Å². The lowest BCUT2D eigenvalue weighted by molar-refractivity contribution is -0.142. The molecule has 0 aromatic heterocycles. The third kappa shape index (κ3) is 5.55. The van der Waals surface area contributed by atoms with E-state index in [-0.39, 0.29) is 30.0 Å². The Morgan fingerprint density at radius 1 is 1.18 bits per heavy atom. The Kier molecular flexibility index (Phi) is 7.04. The van der Waals surface area contributed by atoms with Crippen molar-refractivity contribution < 1.29 is 24.2 Å². The van der Waals surface area contributed by atoms with E-state index in [1.54, 1.807) is 24.3 Å². The summed E-state index contributed by atoms with van der Waals surface area (Å²) in [5.74, 6) is -0.777. The number of aliphatic hydroxyl groups excluding tert-OH is 1. The molecule has 0 radical (unpaired) electrons. The molecule has 0 spiro atoms. The molecule has 1 aliphatic heterocycles. The van der Waals surface area contributed by atoms with Crippen LogP contribution in [0.1, 0.15) is 49.4 Å². The number of cyclic esters (lactones) is 1. The van der Waals surface area contributed by atoms with Gasteiger partial charge in [0.25, 0.3) is 0 Å². The van der Waals surface area contributed by atoms with Crippen LogP contribution in [-0.4, -0.2) is 35.4 Å². The number of esters is 2. The van der Waals surface area contributed by atoms with Crippen molar-refractivity contribution in [1.82, 2.24) is 0 Å². The lowest BCUT2D eigenvalue weighted by Crippen LogP contribution is -2.22. The fourth-order valence-corrected chi connectivity index (χ4v) is 3.97. The number of allylic oxidation sites excluding steroid dienone is 2. The van der Waals surface area contributed by atoms with Gasteiger partial charge in [-0.25, -0.2) is 9.59 Å². The van der Waals surface area contributed by atoms with E-state index in [1.807, 2.05) is 13.0 Å². The number of benzene rings is 1. The van der Waals surface area contributed by atoms with Crippen molar-refractivity contribution in [2.24, 2.45) is 11.8 Å². The summed E-state index contributed by atoms with van der Waals surface area (Å²) in [6.45, 7) is 1.88. The molecule has 1 N–H and O–H groups in total. The van der Waals surface area contributed by atoms with Gasteiger partial charge in [0.05, 0.1) is 17.8 Å². The van der Waals surface area contributed by atoms with Gasteiger partial charge in [-0.2, -0.15) is 0 Å². The Balaban J connectivity index is 1.69. The van der Waals surface area contributed by atoms with E-state index in [9.17, 15) is 14.7 Å². The van der Waals surface area contributed by atoms with Crippen molar-refractivity contribution in [3.05, 3.63) is 60.2 Å². The molecule has 5 atom stereocenters. The molecule has 5 heteroatoms. The first-order chi connectivity index (χ1) is 13.5. The van der Waals surface area contributed by atoms with Crippen LogP contribution in [-0.2, 0) is 14.3 Å². The summed E-state index contributed by atoms with van der Waals surface area (Å²) in [5, 5.41) is 10.6. The van der Waals surface area contributed by atoms with Gasteiger partial charge in [-0.05, 0) is 69.1 Å². The zero-order valence-electron chi connectivity index (χ0n) is 16.2. The largest absolute Gasteiger partial charge is 0.460 e. The maximum atomic E-state index is 12.4. The first-order valence-electron chi connectivity index (χ1n) is 10.0. The number of fused-ring (bicyclic) bond motifs is 1. The zero-order chi connectivity index (χ0) is 19.9. The molecular formula is C23H28O5. The zero-order valence-corrected chi connectivity index (χ0v) is 16.2. The van der Waals surface area contributed by atoms with Gasteiger partial charge >= 0.3 is 11.9 Å². The summed E-state index contributed by atoms with van der Waals surface area (Å²) >= 11 is 0. The minimum absolute atomic E-state index is 0.0995. The number of aliphatic hydroxyl groups is 1. The highest BCUT2D eigenvalue weighted by Crippen LogP contribution is 2.38. The molecule has 1 aromatic rings. The van der Waals surface area contributed by atoms with Crippen LogP contribution in [0.25, 0.3) is 0 Å². The molecule has 2 aliphatic rings. The average molecular weight is 384 g/mol. The fourth-order valence-electron chi connectivity index (χ4n) is 3.97. The van der Waals surface area contributed by atoms with Crippen molar-refractivity contribution in [1.29, 1.82) is 0 Å². The molecule has 0 unspecified atom stereocenters. The van der Waals surface area contributed by atoms with Gasteiger partial charge in [0.1, 0.15) is 6.10 Å². The quantitative estimate of drug-likeness (QED) is 0.620. The third-order valence-corrected chi connectivity index (χ3v) is 5.45. The average Bonchev–Trinajstić information content (AvgIpc) is 3.08. The molecular weight excluding hydrogens is 356 g/mol. The molecule has 0 saturated heterocycles. The van der Waals surface area contributed by atoms with Crippen molar-refractivity contribution in [2.45, 2.75) is 57.3 Å². The first-order valence-corrected chi connectivity index (χ1v) is 10.0. The van der Waals surface area contributed by atoms with E-state index in [1.165, 1.54) is 12.2 Å². The second-order valence-electron chi connectivity index (χ2n) is 7.65. The van der Waals surface area contributed by atoms with Gasteiger partial charge < -0.3 is 14.6 Å². The third-order valence-electron chi connectivity index (χ3n) is 5.45. The monoisotopic (exact) mass is 384 g/mol. The molecule has 1 aliphatic carbocycles. The van der Waals surface area contributed by atoms with E-state index >= 15 is 0 Å². The SMILES string of the molecule is C[C@H]1CCC/C=C/[C@@H]2C[C@H](OC(=O)c3ccccc3)C[C@H]2[C@H](O)/C=C/C(=O)O1. The van der Waals surface area contributed by atoms with Gasteiger partial charge in [-0.1, -0.05) is 30.4 Å². The van der Waals surface area contributed by atoms with Crippen molar-refractivity contribution >= 4 is 11.9 Å². The van der Waals surface area contributed by atoms with Crippen LogP contribution < -0.4 is 0 Å². The maximum Gasteiger partial charge on any atom is 0.338 e. The smallest absolute Gasteiger partial charge is 0.338 e. The van der Waals surface area contributed by atoms with Gasteiger partial charge in [0, 0.05) is 6.08 Å². The molecule has 3 rings (SSSR count). The lowest BCUT2D eigenvalue weighted by atomic mass is 9.90. The summed E-state index contributed by atoms with van der Waals surface area (Å²) in [7, 11) is 0. The summed E-state index contributed by atoms with van der Waals surface area (Å²) in [4.78, 5) is 24.3. The Labute approximate surface area is 166 Å². The van der Waals surface area contributed by atoms with Crippen LogP contribution in [0, 0.1) is 11.8 Å². The van der Waals surface area contributed by atoms with E-state index in [0.717, 1.165) is 19.3 Å². The van der Waals surface area contributed by atoms with Crippen molar-refractivity contribution in [3.63, 3.8) is 0 Å². The number of carbonyl (C=O) groups is 2. The molecule has 5 nitrogen and oxygen atoms in total. The summed E-state index contributed by atoms with van der Waals surface area (Å²) in [6.07, 6.45) is 9.74. The predicted molar refractivity (Wildman–Crippen MR) is 106 cm³/mol. The van der Waals surface area contributed by atoms with Crippen LogP contribution in [0.5, 0.6) is 0 Å². The van der Waals surface area contributed by atoms with E-state index in [2.05, 4.69) is 12.2 Å². The number of carbonyl (C=O) groups excluding carboxylic acids is 2. The second kappa shape index (κ2) is 9.69. The number of hydrogen-bond acceptors (Lipinski definition) is 5. The molecule has 1 heterocycles. The number of ether oxygens (including phenoxy) is 2. The van der Waals surface area contributed by atoms with Crippen LogP contribution in [0.4, 0.5) is 0 Å². The van der Waals surface area contributed by atoms with E-state index in [4.69, 9.17) is 9.47 Å². The Morgan fingerprint density at radius 2 is 1.96 bits per heavy atom. The van der Waals surface area contributed by atoms with E-state index in [0.29, 0.717) is 18.4 Å².